The maximum atomic E-state index is 12.5. The molecule has 8 heteroatoms. The number of nitro groups is 1. The van der Waals surface area contributed by atoms with Gasteiger partial charge in [-0.05, 0) is 30.3 Å². The molecule has 2 aromatic heterocycles. The fourth-order valence-electron chi connectivity index (χ4n) is 2.65. The van der Waals surface area contributed by atoms with E-state index in [4.69, 9.17) is 0 Å². The summed E-state index contributed by atoms with van der Waals surface area (Å²) >= 11 is 1.46. The highest BCUT2D eigenvalue weighted by Crippen LogP contribution is 2.30. The minimum Gasteiger partial charge on any atom is -0.322 e. The first-order valence-corrected chi connectivity index (χ1v) is 8.80. The lowest BCUT2D eigenvalue weighted by molar-refractivity contribution is -0.385. The van der Waals surface area contributed by atoms with E-state index in [1.165, 1.54) is 29.5 Å². The van der Waals surface area contributed by atoms with Gasteiger partial charge in [0.25, 0.3) is 11.6 Å². The van der Waals surface area contributed by atoms with Crippen molar-refractivity contribution < 1.29 is 9.72 Å². The number of carbonyl (C=O) groups excluding carboxylic acids is 1. The Hall–Kier alpha value is -3.65. The van der Waals surface area contributed by atoms with E-state index in [0.29, 0.717) is 5.69 Å². The van der Waals surface area contributed by atoms with Crippen molar-refractivity contribution in [2.75, 3.05) is 5.32 Å². The molecule has 4 aromatic rings. The quantitative estimate of drug-likeness (QED) is 0.417. The largest absolute Gasteiger partial charge is 0.322 e. The van der Waals surface area contributed by atoms with Gasteiger partial charge in [0.1, 0.15) is 20.9 Å². The van der Waals surface area contributed by atoms with Crippen LogP contribution in [0.2, 0.25) is 0 Å². The third-order valence-electron chi connectivity index (χ3n) is 3.88. The summed E-state index contributed by atoms with van der Waals surface area (Å²) in [5.41, 5.74) is 1.95. The minimum absolute atomic E-state index is 0.0112. The monoisotopic (exact) mass is 376 g/mol. The van der Waals surface area contributed by atoms with Gasteiger partial charge >= 0.3 is 0 Å². The van der Waals surface area contributed by atoms with Crippen LogP contribution < -0.4 is 5.32 Å². The molecular weight excluding hydrogens is 364 g/mol. The molecule has 0 saturated carbocycles. The van der Waals surface area contributed by atoms with E-state index in [9.17, 15) is 14.9 Å². The number of nitrogens with zero attached hydrogens (tertiary/aromatic N) is 3. The van der Waals surface area contributed by atoms with Crippen molar-refractivity contribution in [2.45, 2.75) is 0 Å². The molecule has 0 aliphatic carbocycles. The molecule has 132 valence electrons. The van der Waals surface area contributed by atoms with E-state index in [2.05, 4.69) is 15.3 Å². The Kier molecular flexibility index (Phi) is 4.31. The van der Waals surface area contributed by atoms with Crippen molar-refractivity contribution in [3.05, 3.63) is 82.5 Å². The van der Waals surface area contributed by atoms with Crippen LogP contribution in [-0.2, 0) is 0 Å². The van der Waals surface area contributed by atoms with E-state index in [-0.39, 0.29) is 11.3 Å². The maximum absolute atomic E-state index is 12.5. The molecular formula is C19H12N4O3S. The highest BCUT2D eigenvalue weighted by molar-refractivity contribution is 7.21. The second-order valence-corrected chi connectivity index (χ2v) is 6.63. The number of amides is 1. The lowest BCUT2D eigenvalue weighted by Crippen LogP contribution is -2.13. The molecule has 27 heavy (non-hydrogen) atoms. The van der Waals surface area contributed by atoms with Gasteiger partial charge in [0.15, 0.2) is 0 Å². The van der Waals surface area contributed by atoms with Crippen molar-refractivity contribution in [2.24, 2.45) is 0 Å². The average Bonchev–Trinajstić information content (AvgIpc) is 3.12. The van der Waals surface area contributed by atoms with E-state index in [0.717, 1.165) is 20.9 Å². The van der Waals surface area contributed by atoms with Gasteiger partial charge in [-0.2, -0.15) is 0 Å². The van der Waals surface area contributed by atoms with Gasteiger partial charge < -0.3 is 5.32 Å². The zero-order valence-corrected chi connectivity index (χ0v) is 14.6. The van der Waals surface area contributed by atoms with Crippen LogP contribution >= 0.6 is 11.3 Å². The maximum Gasteiger partial charge on any atom is 0.282 e. The standard InChI is InChI=1S/C19H12N4O3S/c24-17(14-7-1-2-9-16(14)23(25)26)21-13-6-3-5-12(11-13)18-22-15-8-4-10-20-19(15)27-18/h1-11H,(H,21,24). The summed E-state index contributed by atoms with van der Waals surface area (Å²) in [4.78, 5) is 32.7. The van der Waals surface area contributed by atoms with Gasteiger partial charge in [0.2, 0.25) is 0 Å². The van der Waals surface area contributed by atoms with Crippen LogP contribution in [0, 0.1) is 10.1 Å². The molecule has 0 atom stereocenters. The summed E-state index contributed by atoms with van der Waals surface area (Å²) in [6.07, 6.45) is 1.72. The van der Waals surface area contributed by atoms with Gasteiger partial charge in [-0.3, -0.25) is 14.9 Å². The Morgan fingerprint density at radius 1 is 1.07 bits per heavy atom. The number of hydrogen-bond acceptors (Lipinski definition) is 6. The molecule has 0 saturated heterocycles. The third kappa shape index (κ3) is 3.38. The number of nitro benzene ring substituents is 1. The number of carbonyl (C=O) groups is 1. The lowest BCUT2D eigenvalue weighted by Gasteiger charge is -2.07. The van der Waals surface area contributed by atoms with Crippen molar-refractivity contribution in [3.63, 3.8) is 0 Å². The number of anilines is 1. The third-order valence-corrected chi connectivity index (χ3v) is 4.91. The molecule has 1 amide bonds. The second-order valence-electron chi connectivity index (χ2n) is 5.66. The fourth-order valence-corrected chi connectivity index (χ4v) is 3.55. The number of para-hydroxylation sites is 1. The summed E-state index contributed by atoms with van der Waals surface area (Å²) in [5, 5.41) is 14.6. The number of aromatic nitrogens is 2. The number of rotatable bonds is 4. The Morgan fingerprint density at radius 3 is 2.74 bits per heavy atom. The Bertz CT molecular complexity index is 1140. The number of fused-ring (bicyclic) bond motifs is 1. The average molecular weight is 376 g/mol. The molecule has 0 unspecified atom stereocenters. The van der Waals surface area contributed by atoms with Gasteiger partial charge in [-0.15, -0.1) is 0 Å². The normalized spacial score (nSPS) is 10.7. The van der Waals surface area contributed by atoms with Crippen LogP contribution in [0.25, 0.3) is 20.9 Å². The van der Waals surface area contributed by atoms with E-state index >= 15 is 0 Å². The highest BCUT2D eigenvalue weighted by Gasteiger charge is 2.19. The molecule has 0 radical (unpaired) electrons. The summed E-state index contributed by atoms with van der Waals surface area (Å²) in [6.45, 7) is 0. The zero-order chi connectivity index (χ0) is 18.8. The number of benzene rings is 2. The van der Waals surface area contributed by atoms with Crippen molar-refractivity contribution in [3.8, 4) is 10.6 Å². The van der Waals surface area contributed by atoms with E-state index in [1.54, 1.807) is 30.5 Å². The van der Waals surface area contributed by atoms with Crippen molar-refractivity contribution in [1.82, 2.24) is 9.97 Å². The van der Waals surface area contributed by atoms with Crippen molar-refractivity contribution in [1.29, 1.82) is 0 Å². The molecule has 4 rings (SSSR count). The predicted octanol–water partition coefficient (Wildman–Crippen LogP) is 4.52. The Labute approximate surface area is 157 Å². The number of thiazole rings is 1. The zero-order valence-electron chi connectivity index (χ0n) is 13.8. The van der Waals surface area contributed by atoms with Gasteiger partial charge in [0.05, 0.1) is 4.92 Å². The highest BCUT2D eigenvalue weighted by atomic mass is 32.1. The Balaban J connectivity index is 1.63. The molecule has 0 bridgehead atoms. The van der Waals surface area contributed by atoms with E-state index in [1.807, 2.05) is 18.2 Å². The van der Waals surface area contributed by atoms with Crippen LogP contribution in [0.15, 0.2) is 66.9 Å². The summed E-state index contributed by atoms with van der Waals surface area (Å²) < 4.78 is 0. The number of pyridine rings is 1. The molecule has 0 aliphatic heterocycles. The fraction of sp³-hybridized carbons (Fsp3) is 0. The number of nitrogens with one attached hydrogen (secondary N) is 1. The SMILES string of the molecule is O=C(Nc1cccc(-c2nc3cccnc3s2)c1)c1ccccc1[N+](=O)[O-]. The van der Waals surface area contributed by atoms with Crippen LogP contribution in [0.4, 0.5) is 11.4 Å². The first-order chi connectivity index (χ1) is 13.1. The lowest BCUT2D eigenvalue weighted by atomic mass is 10.1. The first kappa shape index (κ1) is 16.8. The van der Waals surface area contributed by atoms with Gasteiger partial charge in [-0.1, -0.05) is 35.6 Å². The smallest absolute Gasteiger partial charge is 0.282 e. The van der Waals surface area contributed by atoms with Gasteiger partial charge in [0, 0.05) is 23.5 Å². The van der Waals surface area contributed by atoms with Crippen molar-refractivity contribution >= 4 is 39.0 Å². The molecule has 0 fully saturated rings. The molecule has 0 spiro atoms. The summed E-state index contributed by atoms with van der Waals surface area (Å²) in [6, 6.07) is 16.8. The second kappa shape index (κ2) is 6.93. The van der Waals surface area contributed by atoms with Gasteiger partial charge in [-0.25, -0.2) is 9.97 Å². The van der Waals surface area contributed by atoms with Crippen LogP contribution in [-0.4, -0.2) is 20.8 Å². The molecule has 0 aliphatic rings. The predicted molar refractivity (Wildman–Crippen MR) is 104 cm³/mol. The minimum atomic E-state index is -0.570. The Morgan fingerprint density at radius 2 is 1.93 bits per heavy atom. The molecule has 2 heterocycles. The molecule has 7 nitrogen and oxygen atoms in total. The summed E-state index contributed by atoms with van der Waals surface area (Å²) in [7, 11) is 0. The van der Waals surface area contributed by atoms with Crippen LogP contribution in [0.3, 0.4) is 0 Å². The topological polar surface area (TPSA) is 98.0 Å². The van der Waals surface area contributed by atoms with Crippen LogP contribution in [0.1, 0.15) is 10.4 Å². The van der Waals surface area contributed by atoms with Crippen LogP contribution in [0.5, 0.6) is 0 Å². The van der Waals surface area contributed by atoms with E-state index < -0.39 is 10.8 Å². The first-order valence-electron chi connectivity index (χ1n) is 7.98. The molecule has 1 N–H and O–H groups in total. The summed E-state index contributed by atoms with van der Waals surface area (Å²) in [5.74, 6) is -0.537. The number of hydrogen-bond donors (Lipinski definition) is 1. The molecule has 2 aromatic carbocycles.